The number of H-pyrrole nitrogens is 1. The quantitative estimate of drug-likeness (QED) is 0.522. The number of amides is 1. The van der Waals surface area contributed by atoms with Crippen molar-refractivity contribution in [2.75, 3.05) is 36.2 Å². The van der Waals surface area contributed by atoms with Gasteiger partial charge in [0.1, 0.15) is 0 Å². The summed E-state index contributed by atoms with van der Waals surface area (Å²) in [5.41, 5.74) is 2.55. The van der Waals surface area contributed by atoms with Crippen molar-refractivity contribution in [3.05, 3.63) is 81.7 Å². The number of nitrogens with one attached hydrogen (secondary N) is 3. The van der Waals surface area contributed by atoms with E-state index in [1.54, 1.807) is 18.2 Å². The van der Waals surface area contributed by atoms with Gasteiger partial charge in [0, 0.05) is 43.2 Å². The van der Waals surface area contributed by atoms with Crippen molar-refractivity contribution < 1.29 is 9.53 Å². The number of hydrogen-bond donors (Lipinski definition) is 3. The molecule has 0 aliphatic carbocycles. The third kappa shape index (κ3) is 5.78. The van der Waals surface area contributed by atoms with Crippen LogP contribution in [0.3, 0.4) is 0 Å². The lowest BCUT2D eigenvalue weighted by Gasteiger charge is -2.14. The Kier molecular flexibility index (Phi) is 6.98. The molecule has 1 amide bonds. The van der Waals surface area contributed by atoms with Crippen LogP contribution in [0.1, 0.15) is 5.56 Å². The van der Waals surface area contributed by atoms with Crippen LogP contribution in [0.2, 0.25) is 5.02 Å². The normalized spacial score (nSPS) is 10.4. The van der Waals surface area contributed by atoms with E-state index in [1.165, 1.54) is 6.20 Å². The molecule has 156 valence electrons. The molecule has 0 atom stereocenters. The first-order chi connectivity index (χ1) is 14.4. The van der Waals surface area contributed by atoms with E-state index in [1.807, 2.05) is 55.4 Å². The Bertz CT molecular complexity index is 1060. The summed E-state index contributed by atoms with van der Waals surface area (Å²) in [6.07, 6.45) is 1.44. The van der Waals surface area contributed by atoms with Gasteiger partial charge in [0.05, 0.1) is 5.69 Å². The average Bonchev–Trinajstić information content (AvgIpc) is 2.71. The maximum atomic E-state index is 12.3. The molecule has 1 heterocycles. The number of carbonyl (C=O) groups excluding carboxylic acids is 1. The summed E-state index contributed by atoms with van der Waals surface area (Å²) < 4.78 is 5.29. The molecule has 30 heavy (non-hydrogen) atoms. The fourth-order valence-electron chi connectivity index (χ4n) is 2.82. The topological polar surface area (TPSA) is 86.5 Å². The van der Waals surface area contributed by atoms with Crippen molar-refractivity contribution in [1.29, 1.82) is 0 Å². The fourth-order valence-corrected chi connectivity index (χ4v) is 3.03. The van der Waals surface area contributed by atoms with E-state index in [2.05, 4.69) is 15.6 Å². The van der Waals surface area contributed by atoms with Crippen LogP contribution < -0.4 is 25.8 Å². The maximum absolute atomic E-state index is 12.3. The van der Waals surface area contributed by atoms with Crippen molar-refractivity contribution in [1.82, 2.24) is 4.98 Å². The van der Waals surface area contributed by atoms with Crippen LogP contribution in [0.5, 0.6) is 5.75 Å². The molecule has 0 saturated carbocycles. The number of benzene rings is 2. The molecule has 1 aromatic heterocycles. The Morgan fingerprint density at radius 2 is 1.90 bits per heavy atom. The number of anilines is 3. The molecular formula is C22H23ClN4O3. The predicted octanol–water partition coefficient (Wildman–Crippen LogP) is 4.36. The van der Waals surface area contributed by atoms with E-state index in [4.69, 9.17) is 16.3 Å². The van der Waals surface area contributed by atoms with E-state index in [-0.39, 0.29) is 5.75 Å². The SMILES string of the molecule is CN(C)c1ccc(NC(=O)Oc2c(NCCc3cccc(Cl)c3)cc[nH]c2=O)cc1. The van der Waals surface area contributed by atoms with Gasteiger partial charge in [0.25, 0.3) is 5.56 Å². The summed E-state index contributed by atoms with van der Waals surface area (Å²) >= 11 is 6.00. The number of ether oxygens (including phenoxy) is 1. The molecule has 3 N–H and O–H groups in total. The molecule has 0 saturated heterocycles. The van der Waals surface area contributed by atoms with Gasteiger partial charge in [0.15, 0.2) is 0 Å². The molecule has 0 bridgehead atoms. The van der Waals surface area contributed by atoms with E-state index in [9.17, 15) is 9.59 Å². The Morgan fingerprint density at radius 3 is 2.60 bits per heavy atom. The number of hydrogen-bond acceptors (Lipinski definition) is 5. The summed E-state index contributed by atoms with van der Waals surface area (Å²) in [5.74, 6) is -0.0917. The Morgan fingerprint density at radius 1 is 1.13 bits per heavy atom. The first-order valence-corrected chi connectivity index (χ1v) is 9.76. The summed E-state index contributed by atoms with van der Waals surface area (Å²) in [4.78, 5) is 29.0. The smallest absolute Gasteiger partial charge is 0.402 e. The number of aromatic nitrogens is 1. The Balaban J connectivity index is 1.63. The number of rotatable bonds is 7. The van der Waals surface area contributed by atoms with Crippen molar-refractivity contribution >= 4 is 34.8 Å². The molecule has 0 radical (unpaired) electrons. The highest BCUT2D eigenvalue weighted by atomic mass is 35.5. The van der Waals surface area contributed by atoms with Crippen LogP contribution >= 0.6 is 11.6 Å². The molecule has 0 aliphatic heterocycles. The average molecular weight is 427 g/mol. The number of carbonyl (C=O) groups is 1. The van der Waals surface area contributed by atoms with Gasteiger partial charge < -0.3 is 19.9 Å². The van der Waals surface area contributed by atoms with Gasteiger partial charge in [-0.15, -0.1) is 0 Å². The lowest BCUT2D eigenvalue weighted by Crippen LogP contribution is -2.23. The third-order valence-electron chi connectivity index (χ3n) is 4.36. The van der Waals surface area contributed by atoms with Gasteiger partial charge in [-0.2, -0.15) is 0 Å². The van der Waals surface area contributed by atoms with Gasteiger partial charge in [-0.3, -0.25) is 10.1 Å². The molecule has 0 spiro atoms. The molecule has 3 rings (SSSR count). The molecule has 2 aromatic carbocycles. The van der Waals surface area contributed by atoms with Crippen LogP contribution in [0.25, 0.3) is 0 Å². The summed E-state index contributed by atoms with van der Waals surface area (Å²) in [5, 5.41) is 6.43. The fraction of sp³-hybridized carbons (Fsp3) is 0.182. The zero-order chi connectivity index (χ0) is 21.5. The number of nitrogens with zero attached hydrogens (tertiary/aromatic N) is 1. The lowest BCUT2D eigenvalue weighted by atomic mass is 10.1. The minimum Gasteiger partial charge on any atom is -0.402 e. The first-order valence-electron chi connectivity index (χ1n) is 9.38. The molecular weight excluding hydrogens is 404 g/mol. The zero-order valence-electron chi connectivity index (χ0n) is 16.7. The molecule has 7 nitrogen and oxygen atoms in total. The highest BCUT2D eigenvalue weighted by Gasteiger charge is 2.14. The van der Waals surface area contributed by atoms with E-state index in [0.717, 1.165) is 11.3 Å². The van der Waals surface area contributed by atoms with Gasteiger partial charge in [0.2, 0.25) is 5.75 Å². The van der Waals surface area contributed by atoms with Gasteiger partial charge in [-0.1, -0.05) is 23.7 Å². The monoisotopic (exact) mass is 426 g/mol. The second-order valence-corrected chi connectivity index (χ2v) is 7.25. The predicted molar refractivity (Wildman–Crippen MR) is 121 cm³/mol. The molecule has 3 aromatic rings. The van der Waals surface area contributed by atoms with Crippen molar-refractivity contribution in [2.45, 2.75) is 6.42 Å². The van der Waals surface area contributed by atoms with Crippen LogP contribution in [0.15, 0.2) is 65.6 Å². The van der Waals surface area contributed by atoms with Crippen molar-refractivity contribution in [2.24, 2.45) is 0 Å². The molecule has 0 fully saturated rings. The van der Waals surface area contributed by atoms with E-state index in [0.29, 0.717) is 29.4 Å². The van der Waals surface area contributed by atoms with E-state index < -0.39 is 11.7 Å². The Labute approximate surface area is 179 Å². The molecule has 8 heteroatoms. The van der Waals surface area contributed by atoms with Crippen LogP contribution in [-0.4, -0.2) is 31.7 Å². The molecule has 0 aliphatic rings. The summed E-state index contributed by atoms with van der Waals surface area (Å²) in [7, 11) is 3.86. The van der Waals surface area contributed by atoms with Gasteiger partial charge in [-0.25, -0.2) is 4.79 Å². The second kappa shape index (κ2) is 9.84. The maximum Gasteiger partial charge on any atom is 0.417 e. The highest BCUT2D eigenvalue weighted by Crippen LogP contribution is 2.20. The number of halogens is 1. The zero-order valence-corrected chi connectivity index (χ0v) is 17.5. The highest BCUT2D eigenvalue weighted by molar-refractivity contribution is 6.30. The number of pyridine rings is 1. The lowest BCUT2D eigenvalue weighted by molar-refractivity contribution is 0.214. The van der Waals surface area contributed by atoms with Gasteiger partial charge in [-0.05, 0) is 54.4 Å². The van der Waals surface area contributed by atoms with Crippen LogP contribution in [-0.2, 0) is 6.42 Å². The third-order valence-corrected chi connectivity index (χ3v) is 4.59. The van der Waals surface area contributed by atoms with Crippen molar-refractivity contribution in [3.63, 3.8) is 0 Å². The Hall–Kier alpha value is -3.45. The molecule has 0 unspecified atom stereocenters. The largest absolute Gasteiger partial charge is 0.417 e. The summed E-state index contributed by atoms with van der Waals surface area (Å²) in [6, 6.07) is 16.5. The first kappa shape index (κ1) is 21.3. The van der Waals surface area contributed by atoms with Crippen LogP contribution in [0, 0.1) is 0 Å². The van der Waals surface area contributed by atoms with Crippen molar-refractivity contribution in [3.8, 4) is 5.75 Å². The minimum absolute atomic E-state index is 0.0917. The standard InChI is InChI=1S/C22H23ClN4O3/c1-27(2)18-8-6-17(7-9-18)26-22(29)30-20-19(11-13-25-21(20)28)24-12-10-15-4-3-5-16(23)14-15/h3-9,11,13-14H,10,12H2,1-2H3,(H,26,29)(H2,24,25,28). The second-order valence-electron chi connectivity index (χ2n) is 6.81. The minimum atomic E-state index is -0.748. The summed E-state index contributed by atoms with van der Waals surface area (Å²) in [6.45, 7) is 0.535. The van der Waals surface area contributed by atoms with E-state index >= 15 is 0 Å². The van der Waals surface area contributed by atoms with Crippen LogP contribution in [0.4, 0.5) is 21.9 Å². The van der Waals surface area contributed by atoms with Gasteiger partial charge >= 0.3 is 6.09 Å². The number of aromatic amines is 1.